The molecule has 0 saturated carbocycles. The second-order valence-electron chi connectivity index (χ2n) is 7.53. The molecule has 0 fully saturated rings. The average Bonchev–Trinajstić information content (AvgIpc) is 2.74. The van der Waals surface area contributed by atoms with Crippen LogP contribution in [-0.4, -0.2) is 19.9 Å². The van der Waals surface area contributed by atoms with Crippen molar-refractivity contribution in [2.75, 3.05) is 24.7 Å². The summed E-state index contributed by atoms with van der Waals surface area (Å²) in [5.41, 5.74) is 3.56. The van der Waals surface area contributed by atoms with Crippen LogP contribution in [-0.2, 0) is 0 Å². The summed E-state index contributed by atoms with van der Waals surface area (Å²) < 4.78 is 0. The summed E-state index contributed by atoms with van der Waals surface area (Å²) in [6.07, 6.45) is 0. The van der Waals surface area contributed by atoms with Gasteiger partial charge in [-0.15, -0.1) is 0 Å². The Balaban J connectivity index is 2.01. The van der Waals surface area contributed by atoms with E-state index < -0.39 is 0 Å². The third kappa shape index (κ3) is 1.67. The van der Waals surface area contributed by atoms with Crippen LogP contribution in [0, 0.1) is 0 Å². The largest absolute Gasteiger partial charge is 0.388 e. The van der Waals surface area contributed by atoms with Crippen LogP contribution in [0.1, 0.15) is 15.9 Å². The molecule has 28 heavy (non-hydrogen) atoms. The van der Waals surface area contributed by atoms with Crippen LogP contribution in [0.3, 0.4) is 0 Å². The minimum atomic E-state index is 0.0970. The molecule has 2 N–H and O–H groups in total. The molecular formula is C25H18N2O. The van der Waals surface area contributed by atoms with E-state index in [0.29, 0.717) is 0 Å². The highest BCUT2D eigenvalue weighted by Crippen LogP contribution is 2.43. The van der Waals surface area contributed by atoms with Gasteiger partial charge in [-0.3, -0.25) is 4.79 Å². The highest BCUT2D eigenvalue weighted by Gasteiger charge is 2.26. The van der Waals surface area contributed by atoms with Gasteiger partial charge >= 0.3 is 0 Å². The molecule has 134 valence electrons. The highest BCUT2D eigenvalue weighted by atomic mass is 16.1. The summed E-state index contributed by atoms with van der Waals surface area (Å²) in [5, 5.41) is 16.3. The zero-order valence-electron chi connectivity index (χ0n) is 15.7. The van der Waals surface area contributed by atoms with Gasteiger partial charge in [0.1, 0.15) is 0 Å². The molecule has 0 spiro atoms. The van der Waals surface area contributed by atoms with Crippen LogP contribution < -0.4 is 15.9 Å². The van der Waals surface area contributed by atoms with Gasteiger partial charge in [-0.25, -0.2) is 0 Å². The monoisotopic (exact) mass is 362 g/mol. The molecule has 0 amide bonds. The zero-order chi connectivity index (χ0) is 19.2. The van der Waals surface area contributed by atoms with E-state index in [0.717, 1.165) is 70.8 Å². The molecule has 1 aliphatic carbocycles. The quantitative estimate of drug-likeness (QED) is 0.334. The molecule has 0 bridgehead atoms. The predicted molar refractivity (Wildman–Crippen MR) is 120 cm³/mol. The molecule has 5 aromatic rings. The fourth-order valence-electron chi connectivity index (χ4n) is 4.89. The Bertz CT molecular complexity index is 1560. The molecule has 0 aromatic heterocycles. The van der Waals surface area contributed by atoms with E-state index >= 15 is 0 Å². The second kappa shape index (κ2) is 5.02. The second-order valence-corrected chi connectivity index (χ2v) is 7.53. The Labute approximate surface area is 161 Å². The van der Waals surface area contributed by atoms with E-state index in [-0.39, 0.29) is 5.78 Å². The first-order valence-corrected chi connectivity index (χ1v) is 9.44. The Morgan fingerprint density at radius 3 is 2.11 bits per heavy atom. The summed E-state index contributed by atoms with van der Waals surface area (Å²) >= 11 is 0. The molecule has 0 unspecified atom stereocenters. The van der Waals surface area contributed by atoms with Crippen molar-refractivity contribution < 1.29 is 4.79 Å². The normalized spacial score (nSPS) is 12.9. The van der Waals surface area contributed by atoms with Crippen molar-refractivity contribution in [2.45, 2.75) is 0 Å². The minimum absolute atomic E-state index is 0.0970. The van der Waals surface area contributed by atoms with Gasteiger partial charge in [0.15, 0.2) is 5.78 Å². The number of hydrogen-bond donors (Lipinski definition) is 2. The Morgan fingerprint density at radius 1 is 0.679 bits per heavy atom. The van der Waals surface area contributed by atoms with Crippen LogP contribution in [0.15, 0.2) is 48.5 Å². The lowest BCUT2D eigenvalue weighted by Gasteiger charge is -2.22. The van der Waals surface area contributed by atoms with Gasteiger partial charge in [0.05, 0.1) is 0 Å². The molecular weight excluding hydrogens is 344 g/mol. The van der Waals surface area contributed by atoms with Crippen molar-refractivity contribution in [2.24, 2.45) is 0 Å². The highest BCUT2D eigenvalue weighted by molar-refractivity contribution is 6.40. The number of nitrogens with one attached hydrogen (secondary N) is 2. The molecule has 0 atom stereocenters. The lowest BCUT2D eigenvalue weighted by Crippen LogP contribution is -2.13. The Hall–Kier alpha value is -3.59. The van der Waals surface area contributed by atoms with Crippen LogP contribution in [0.25, 0.3) is 49.7 Å². The Morgan fingerprint density at radius 2 is 1.36 bits per heavy atom. The maximum atomic E-state index is 13.5. The summed E-state index contributed by atoms with van der Waals surface area (Å²) in [6.45, 7) is 4.44. The van der Waals surface area contributed by atoms with Crippen LogP contribution in [0.5, 0.6) is 0 Å². The third-order valence-electron chi connectivity index (χ3n) is 6.20. The predicted octanol–water partition coefficient (Wildman–Crippen LogP) is 5.06. The van der Waals surface area contributed by atoms with Gasteiger partial charge in [-0.2, -0.15) is 0 Å². The maximum Gasteiger partial charge on any atom is 0.194 e. The molecule has 3 nitrogen and oxygen atoms in total. The molecule has 0 saturated heterocycles. The molecule has 5 aromatic carbocycles. The number of rotatable bonds is 2. The Kier molecular flexibility index (Phi) is 2.77. The summed E-state index contributed by atoms with van der Waals surface area (Å²) in [5.74, 6) is 0.0970. The number of ketones is 1. The van der Waals surface area contributed by atoms with Gasteiger partial charge in [0, 0.05) is 47.4 Å². The molecule has 1 aliphatic rings. The van der Waals surface area contributed by atoms with E-state index in [1.807, 2.05) is 26.2 Å². The van der Waals surface area contributed by atoms with E-state index in [4.69, 9.17) is 0 Å². The van der Waals surface area contributed by atoms with Gasteiger partial charge in [0.25, 0.3) is 0 Å². The standard InChI is InChI=1S/C25H18N2O/c1-12-17-6-4-14-9-16(27-3)11-20-22(14)23(17)24-18(25(20)28)7-5-13-8-15(26-2)10-19(12)21(13)24/h4-11,26-27H,1H2,2-3H3. The molecule has 6 rings (SSSR count). The number of anilines is 2. The fraction of sp³-hybridized carbons (Fsp3) is 0.0800. The number of benzene rings is 5. The third-order valence-corrected chi connectivity index (χ3v) is 6.20. The van der Waals surface area contributed by atoms with E-state index in [1.54, 1.807) is 0 Å². The first-order chi connectivity index (χ1) is 13.6. The average molecular weight is 362 g/mol. The van der Waals surface area contributed by atoms with Crippen molar-refractivity contribution in [1.82, 2.24) is 0 Å². The minimum Gasteiger partial charge on any atom is -0.388 e. The van der Waals surface area contributed by atoms with E-state index in [9.17, 15) is 4.79 Å². The summed E-state index contributed by atoms with van der Waals surface area (Å²) in [4.78, 5) is 13.5. The first kappa shape index (κ1) is 15.5. The topological polar surface area (TPSA) is 41.1 Å². The maximum absolute atomic E-state index is 13.5. The van der Waals surface area contributed by atoms with Crippen LogP contribution in [0.2, 0.25) is 0 Å². The van der Waals surface area contributed by atoms with Crippen molar-refractivity contribution >= 4 is 66.8 Å². The zero-order valence-corrected chi connectivity index (χ0v) is 15.7. The first-order valence-electron chi connectivity index (χ1n) is 9.44. The molecule has 0 heterocycles. The molecule has 3 heteroatoms. The lowest BCUT2D eigenvalue weighted by atomic mass is 9.80. The van der Waals surface area contributed by atoms with Crippen molar-refractivity contribution in [3.63, 3.8) is 0 Å². The van der Waals surface area contributed by atoms with E-state index in [1.165, 1.54) is 0 Å². The number of carbonyl (C=O) groups excluding carboxylic acids is 1. The SMILES string of the molecule is C=c1c2cc(NC)cc3ccc4c(c32)c2c1ccc1cc(NC)cc(c12)C4=O. The van der Waals surface area contributed by atoms with E-state index in [2.05, 4.69) is 53.6 Å². The summed E-state index contributed by atoms with van der Waals surface area (Å²) in [7, 11) is 3.81. The number of hydrogen-bond acceptors (Lipinski definition) is 3. The van der Waals surface area contributed by atoms with Crippen LogP contribution >= 0.6 is 0 Å². The van der Waals surface area contributed by atoms with Gasteiger partial charge in [-0.1, -0.05) is 24.8 Å². The summed E-state index contributed by atoms with van der Waals surface area (Å²) in [6, 6.07) is 16.7. The lowest BCUT2D eigenvalue weighted by molar-refractivity contribution is 0.104. The fourth-order valence-corrected chi connectivity index (χ4v) is 4.89. The molecule has 0 aliphatic heterocycles. The van der Waals surface area contributed by atoms with Crippen molar-refractivity contribution in [1.29, 1.82) is 0 Å². The molecule has 0 radical (unpaired) electrons. The van der Waals surface area contributed by atoms with Crippen molar-refractivity contribution in [3.8, 4) is 0 Å². The van der Waals surface area contributed by atoms with Crippen LogP contribution in [0.4, 0.5) is 11.4 Å². The number of carbonyl (C=O) groups is 1. The van der Waals surface area contributed by atoms with Gasteiger partial charge in [-0.05, 0) is 67.9 Å². The van der Waals surface area contributed by atoms with Gasteiger partial charge in [0.2, 0.25) is 0 Å². The van der Waals surface area contributed by atoms with Gasteiger partial charge < -0.3 is 10.6 Å². The smallest absolute Gasteiger partial charge is 0.194 e. The van der Waals surface area contributed by atoms with Crippen molar-refractivity contribution in [3.05, 3.63) is 64.9 Å².